The van der Waals surface area contributed by atoms with Gasteiger partial charge in [0.25, 0.3) is 0 Å². The van der Waals surface area contributed by atoms with Crippen molar-refractivity contribution in [2.45, 2.75) is 44.7 Å². The van der Waals surface area contributed by atoms with Gasteiger partial charge in [-0.15, -0.1) is 0 Å². The Morgan fingerprint density at radius 1 is 1.25 bits per heavy atom. The first-order valence-corrected chi connectivity index (χ1v) is 7.16. The van der Waals surface area contributed by atoms with Crippen LogP contribution in [0.3, 0.4) is 0 Å². The SMILES string of the molecule is CC=C1CC2CCC(C1)N2C(=O)Nc1ccc(F)cc1. The fraction of sp³-hybridized carbons (Fsp3) is 0.438. The van der Waals surface area contributed by atoms with Crippen LogP contribution in [0.25, 0.3) is 0 Å². The van der Waals surface area contributed by atoms with Crippen LogP contribution < -0.4 is 5.32 Å². The second-order valence-corrected chi connectivity index (χ2v) is 5.58. The Kier molecular flexibility index (Phi) is 3.47. The lowest BCUT2D eigenvalue weighted by Gasteiger charge is -2.36. The van der Waals surface area contributed by atoms with Crippen molar-refractivity contribution in [2.75, 3.05) is 5.32 Å². The predicted octanol–water partition coefficient (Wildman–Crippen LogP) is 3.93. The van der Waals surface area contributed by atoms with Crippen LogP contribution in [0.2, 0.25) is 0 Å². The molecule has 3 nitrogen and oxygen atoms in total. The molecule has 2 atom stereocenters. The number of halogens is 1. The summed E-state index contributed by atoms with van der Waals surface area (Å²) < 4.78 is 12.9. The summed E-state index contributed by atoms with van der Waals surface area (Å²) in [5, 5.41) is 2.87. The lowest BCUT2D eigenvalue weighted by molar-refractivity contribution is 0.174. The maximum Gasteiger partial charge on any atom is 0.322 e. The minimum absolute atomic E-state index is 0.0562. The largest absolute Gasteiger partial charge is 0.322 e. The molecule has 2 aliphatic rings. The summed E-state index contributed by atoms with van der Waals surface area (Å²) >= 11 is 0. The van der Waals surface area contributed by atoms with Gasteiger partial charge in [-0.3, -0.25) is 0 Å². The molecule has 0 spiro atoms. The molecule has 2 fully saturated rings. The predicted molar refractivity (Wildman–Crippen MR) is 77.1 cm³/mol. The molecule has 1 aromatic rings. The third-order valence-electron chi connectivity index (χ3n) is 4.35. The van der Waals surface area contributed by atoms with Gasteiger partial charge in [0.15, 0.2) is 0 Å². The number of piperidine rings is 1. The van der Waals surface area contributed by atoms with Gasteiger partial charge in [-0.05, 0) is 56.9 Å². The molecule has 0 aromatic heterocycles. The summed E-state index contributed by atoms with van der Waals surface area (Å²) in [5.74, 6) is -0.293. The lowest BCUT2D eigenvalue weighted by atomic mass is 9.97. The molecule has 3 rings (SSSR count). The van der Waals surface area contributed by atoms with E-state index >= 15 is 0 Å². The molecule has 2 amide bonds. The van der Waals surface area contributed by atoms with E-state index in [2.05, 4.69) is 18.3 Å². The molecular formula is C16H19FN2O. The van der Waals surface area contributed by atoms with Crippen LogP contribution in [0.4, 0.5) is 14.9 Å². The zero-order valence-corrected chi connectivity index (χ0v) is 11.6. The molecule has 106 valence electrons. The van der Waals surface area contributed by atoms with Crippen molar-refractivity contribution in [3.63, 3.8) is 0 Å². The second-order valence-electron chi connectivity index (χ2n) is 5.58. The van der Waals surface area contributed by atoms with E-state index < -0.39 is 0 Å². The van der Waals surface area contributed by atoms with E-state index in [0.29, 0.717) is 17.8 Å². The Bertz CT molecular complexity index is 522. The number of rotatable bonds is 1. The minimum Gasteiger partial charge on any atom is -0.318 e. The number of hydrogen-bond acceptors (Lipinski definition) is 1. The number of carbonyl (C=O) groups excluding carboxylic acids is 1. The number of nitrogens with one attached hydrogen (secondary N) is 1. The highest BCUT2D eigenvalue weighted by Gasteiger charge is 2.41. The first kappa shape index (κ1) is 13.2. The Hall–Kier alpha value is -1.84. The second kappa shape index (κ2) is 5.27. The van der Waals surface area contributed by atoms with Gasteiger partial charge < -0.3 is 10.2 Å². The molecule has 1 N–H and O–H groups in total. The Labute approximate surface area is 118 Å². The quantitative estimate of drug-likeness (QED) is 0.773. The summed E-state index contributed by atoms with van der Waals surface area (Å²) in [6, 6.07) is 6.49. The molecule has 0 saturated carbocycles. The molecule has 2 saturated heterocycles. The van der Waals surface area contributed by atoms with E-state index in [9.17, 15) is 9.18 Å². The van der Waals surface area contributed by atoms with Gasteiger partial charge in [0, 0.05) is 17.8 Å². The molecule has 1 aromatic carbocycles. The number of anilines is 1. The highest BCUT2D eigenvalue weighted by atomic mass is 19.1. The Morgan fingerprint density at radius 3 is 2.40 bits per heavy atom. The number of fused-ring (bicyclic) bond motifs is 2. The van der Waals surface area contributed by atoms with Crippen molar-refractivity contribution in [1.29, 1.82) is 0 Å². The van der Waals surface area contributed by atoms with Crippen LogP contribution >= 0.6 is 0 Å². The lowest BCUT2D eigenvalue weighted by Crippen LogP contribution is -2.46. The summed E-state index contributed by atoms with van der Waals surface area (Å²) in [5.41, 5.74) is 2.11. The third kappa shape index (κ3) is 2.42. The zero-order valence-electron chi connectivity index (χ0n) is 11.6. The van der Waals surface area contributed by atoms with E-state index in [0.717, 1.165) is 25.7 Å². The monoisotopic (exact) mass is 274 g/mol. The van der Waals surface area contributed by atoms with Crippen LogP contribution in [0.5, 0.6) is 0 Å². The Balaban J connectivity index is 1.71. The number of allylic oxidation sites excluding steroid dienone is 1. The third-order valence-corrected chi connectivity index (χ3v) is 4.35. The van der Waals surface area contributed by atoms with E-state index in [-0.39, 0.29) is 11.8 Å². The van der Waals surface area contributed by atoms with Crippen LogP contribution in [0, 0.1) is 5.82 Å². The number of amides is 2. The molecule has 4 heteroatoms. The number of hydrogen-bond donors (Lipinski definition) is 1. The number of carbonyl (C=O) groups is 1. The first-order valence-electron chi connectivity index (χ1n) is 7.16. The molecule has 2 bridgehead atoms. The summed E-state index contributed by atoms with van der Waals surface area (Å²) in [7, 11) is 0. The molecule has 2 aliphatic heterocycles. The van der Waals surface area contributed by atoms with E-state index in [1.165, 1.54) is 17.7 Å². The maximum absolute atomic E-state index is 12.9. The summed E-state index contributed by atoms with van der Waals surface area (Å²) in [4.78, 5) is 14.4. The fourth-order valence-corrected chi connectivity index (χ4v) is 3.34. The average Bonchev–Trinajstić information content (AvgIpc) is 2.72. The van der Waals surface area contributed by atoms with Crippen molar-refractivity contribution in [3.05, 3.63) is 41.7 Å². The normalized spacial score (nSPS) is 24.7. The smallest absolute Gasteiger partial charge is 0.318 e. The van der Waals surface area contributed by atoms with Gasteiger partial charge in [-0.25, -0.2) is 9.18 Å². The molecular weight excluding hydrogens is 255 g/mol. The highest BCUT2D eigenvalue weighted by Crippen LogP contribution is 2.38. The topological polar surface area (TPSA) is 32.3 Å². The van der Waals surface area contributed by atoms with Crippen molar-refractivity contribution >= 4 is 11.7 Å². The van der Waals surface area contributed by atoms with E-state index in [1.54, 1.807) is 12.1 Å². The zero-order chi connectivity index (χ0) is 14.1. The van der Waals surface area contributed by atoms with Crippen LogP contribution in [0.1, 0.15) is 32.6 Å². The van der Waals surface area contributed by atoms with Gasteiger partial charge in [-0.1, -0.05) is 11.6 Å². The summed E-state index contributed by atoms with van der Waals surface area (Å²) in [6.45, 7) is 2.07. The summed E-state index contributed by atoms with van der Waals surface area (Å²) in [6.07, 6.45) is 6.33. The molecule has 20 heavy (non-hydrogen) atoms. The van der Waals surface area contributed by atoms with Crippen molar-refractivity contribution in [2.24, 2.45) is 0 Å². The van der Waals surface area contributed by atoms with Crippen LogP contribution in [-0.4, -0.2) is 23.0 Å². The number of urea groups is 1. The van der Waals surface area contributed by atoms with Gasteiger partial charge in [0.05, 0.1) is 0 Å². The van der Waals surface area contributed by atoms with Gasteiger partial charge in [-0.2, -0.15) is 0 Å². The van der Waals surface area contributed by atoms with Gasteiger partial charge in [0.1, 0.15) is 5.82 Å². The van der Waals surface area contributed by atoms with Gasteiger partial charge >= 0.3 is 6.03 Å². The highest BCUT2D eigenvalue weighted by molar-refractivity contribution is 5.90. The molecule has 2 unspecified atom stereocenters. The van der Waals surface area contributed by atoms with Crippen molar-refractivity contribution < 1.29 is 9.18 Å². The van der Waals surface area contributed by atoms with Crippen LogP contribution in [0.15, 0.2) is 35.9 Å². The van der Waals surface area contributed by atoms with Gasteiger partial charge in [0.2, 0.25) is 0 Å². The average molecular weight is 274 g/mol. The minimum atomic E-state index is -0.293. The van der Waals surface area contributed by atoms with Crippen molar-refractivity contribution in [3.8, 4) is 0 Å². The number of nitrogens with zero attached hydrogens (tertiary/aromatic N) is 1. The van der Waals surface area contributed by atoms with E-state index in [1.807, 2.05) is 4.90 Å². The molecule has 0 radical (unpaired) electrons. The molecule has 2 heterocycles. The van der Waals surface area contributed by atoms with E-state index in [4.69, 9.17) is 0 Å². The fourth-order valence-electron chi connectivity index (χ4n) is 3.34. The maximum atomic E-state index is 12.9. The van der Waals surface area contributed by atoms with Crippen LogP contribution in [-0.2, 0) is 0 Å². The standard InChI is InChI=1S/C16H19FN2O/c1-2-11-9-14-7-8-15(10-11)19(14)16(20)18-13-5-3-12(17)4-6-13/h2-6,14-15H,7-10H2,1H3,(H,18,20). The molecule has 0 aliphatic carbocycles. The van der Waals surface area contributed by atoms with Crippen molar-refractivity contribution in [1.82, 2.24) is 4.90 Å². The first-order chi connectivity index (χ1) is 9.67. The Morgan fingerprint density at radius 2 is 1.85 bits per heavy atom. The number of benzene rings is 1.